The smallest absolute Gasteiger partial charge is 0.286 e. The molecule has 2 aliphatic rings. The molecule has 0 aromatic heterocycles. The molecule has 1 fully saturated rings. The highest BCUT2D eigenvalue weighted by molar-refractivity contribution is 8.18. The third kappa shape index (κ3) is 2.94. The van der Waals surface area contributed by atoms with Crippen LogP contribution in [0.1, 0.15) is 11.1 Å². The van der Waals surface area contributed by atoms with Crippen LogP contribution in [0.2, 0.25) is 0 Å². The minimum atomic E-state index is -0.111. The number of nitrogens with zero attached hydrogens (tertiary/aromatic N) is 2. The van der Waals surface area contributed by atoms with Gasteiger partial charge in [-0.1, -0.05) is 29.8 Å². The first-order valence-corrected chi connectivity index (χ1v) is 7.70. The number of amidine groups is 1. The monoisotopic (exact) mass is 288 g/mol. The SMILES string of the molecule is Cc1ccc(/C=C2\SC(N3CC[NH2+]CC3)=NC2=O)cc1. The van der Waals surface area contributed by atoms with Gasteiger partial charge >= 0.3 is 0 Å². The Labute approximate surface area is 123 Å². The van der Waals surface area contributed by atoms with Gasteiger partial charge in [0.05, 0.1) is 31.1 Å². The Hall–Kier alpha value is -1.59. The van der Waals surface area contributed by atoms with Gasteiger partial charge in [-0.3, -0.25) is 4.79 Å². The molecule has 0 atom stereocenters. The van der Waals surface area contributed by atoms with E-state index in [1.54, 1.807) is 0 Å². The summed E-state index contributed by atoms with van der Waals surface area (Å²) < 4.78 is 0. The van der Waals surface area contributed by atoms with Crippen molar-refractivity contribution < 1.29 is 10.1 Å². The first-order chi connectivity index (χ1) is 9.72. The molecule has 1 amide bonds. The molecule has 4 nitrogen and oxygen atoms in total. The van der Waals surface area contributed by atoms with E-state index in [0.29, 0.717) is 0 Å². The number of thioether (sulfide) groups is 1. The quantitative estimate of drug-likeness (QED) is 0.779. The number of piperazine rings is 1. The molecule has 20 heavy (non-hydrogen) atoms. The molecule has 1 aromatic rings. The van der Waals surface area contributed by atoms with Crippen LogP contribution in [0, 0.1) is 6.92 Å². The molecule has 104 valence electrons. The summed E-state index contributed by atoms with van der Waals surface area (Å²) in [6.45, 7) is 6.14. The molecule has 2 heterocycles. The van der Waals surface area contributed by atoms with Crippen LogP contribution >= 0.6 is 11.8 Å². The van der Waals surface area contributed by atoms with Crippen LogP contribution < -0.4 is 5.32 Å². The average Bonchev–Trinajstić information content (AvgIpc) is 2.84. The Morgan fingerprint density at radius 1 is 1.25 bits per heavy atom. The molecular formula is C15H18N3OS+. The molecule has 2 N–H and O–H groups in total. The Kier molecular flexibility index (Phi) is 3.89. The van der Waals surface area contributed by atoms with Crippen molar-refractivity contribution in [2.75, 3.05) is 26.2 Å². The summed E-state index contributed by atoms with van der Waals surface area (Å²) in [6.07, 6.45) is 1.93. The van der Waals surface area contributed by atoms with E-state index >= 15 is 0 Å². The number of carbonyl (C=O) groups is 1. The van der Waals surface area contributed by atoms with E-state index in [2.05, 4.69) is 34.3 Å². The van der Waals surface area contributed by atoms with Crippen molar-refractivity contribution >= 4 is 28.9 Å². The lowest BCUT2D eigenvalue weighted by atomic mass is 10.1. The molecule has 0 bridgehead atoms. The molecule has 0 saturated carbocycles. The maximum Gasteiger partial charge on any atom is 0.286 e. The second kappa shape index (κ2) is 5.81. The normalized spacial score (nSPS) is 21.4. The van der Waals surface area contributed by atoms with Gasteiger partial charge in [0, 0.05) is 0 Å². The van der Waals surface area contributed by atoms with Crippen molar-refractivity contribution in [1.82, 2.24) is 4.90 Å². The first-order valence-electron chi connectivity index (χ1n) is 6.88. The van der Waals surface area contributed by atoms with Crippen LogP contribution in [-0.4, -0.2) is 42.2 Å². The van der Waals surface area contributed by atoms with Gasteiger partial charge in [0.25, 0.3) is 5.91 Å². The molecule has 1 aromatic carbocycles. The minimum absolute atomic E-state index is 0.111. The number of aryl methyl sites for hydroxylation is 1. The highest BCUT2D eigenvalue weighted by Crippen LogP contribution is 2.30. The topological polar surface area (TPSA) is 49.3 Å². The maximum absolute atomic E-state index is 12.0. The van der Waals surface area contributed by atoms with Gasteiger partial charge in [0.15, 0.2) is 5.17 Å². The van der Waals surface area contributed by atoms with Gasteiger partial charge in [0.1, 0.15) is 0 Å². The third-order valence-corrected chi connectivity index (χ3v) is 4.51. The molecular weight excluding hydrogens is 270 g/mol. The predicted octanol–water partition coefficient (Wildman–Crippen LogP) is 0.844. The number of quaternary nitrogens is 1. The number of benzene rings is 1. The molecule has 2 aliphatic heterocycles. The number of nitrogens with two attached hydrogens (primary N) is 1. The Balaban J connectivity index is 1.74. The van der Waals surface area contributed by atoms with Crippen LogP contribution in [0.3, 0.4) is 0 Å². The third-order valence-electron chi connectivity index (χ3n) is 3.46. The second-order valence-corrected chi connectivity index (χ2v) is 6.08. The fourth-order valence-corrected chi connectivity index (χ4v) is 3.25. The number of hydrogen-bond acceptors (Lipinski definition) is 3. The van der Waals surface area contributed by atoms with Crippen LogP contribution in [0.4, 0.5) is 0 Å². The van der Waals surface area contributed by atoms with E-state index in [1.165, 1.54) is 17.3 Å². The molecule has 1 saturated heterocycles. The van der Waals surface area contributed by atoms with E-state index in [1.807, 2.05) is 18.2 Å². The summed E-state index contributed by atoms with van der Waals surface area (Å²) in [4.78, 5) is 19.1. The van der Waals surface area contributed by atoms with Crippen molar-refractivity contribution in [1.29, 1.82) is 0 Å². The summed E-state index contributed by atoms with van der Waals surface area (Å²) in [5, 5.41) is 3.16. The summed E-state index contributed by atoms with van der Waals surface area (Å²) in [5.74, 6) is -0.111. The molecule has 0 unspecified atom stereocenters. The van der Waals surface area contributed by atoms with Gasteiger partial charge < -0.3 is 10.2 Å². The standard InChI is InChI=1S/C15H17N3OS/c1-11-2-4-12(5-3-11)10-13-14(19)17-15(20-13)18-8-6-16-7-9-18/h2-5,10,16H,6-9H2,1H3/p+1/b13-10-. The summed E-state index contributed by atoms with van der Waals surface area (Å²) in [7, 11) is 0. The van der Waals surface area contributed by atoms with Crippen molar-refractivity contribution in [2.24, 2.45) is 4.99 Å². The number of carbonyl (C=O) groups excluding carboxylic acids is 1. The van der Waals surface area contributed by atoms with E-state index < -0.39 is 0 Å². The van der Waals surface area contributed by atoms with Crippen molar-refractivity contribution in [2.45, 2.75) is 6.92 Å². The molecule has 0 aliphatic carbocycles. The fraction of sp³-hybridized carbons (Fsp3) is 0.333. The molecule has 0 radical (unpaired) electrons. The Morgan fingerprint density at radius 3 is 2.65 bits per heavy atom. The fourth-order valence-electron chi connectivity index (χ4n) is 2.29. The summed E-state index contributed by atoms with van der Waals surface area (Å²) in [5.41, 5.74) is 2.27. The van der Waals surface area contributed by atoms with E-state index in [4.69, 9.17) is 0 Å². The van der Waals surface area contributed by atoms with Crippen molar-refractivity contribution in [3.05, 3.63) is 40.3 Å². The lowest BCUT2D eigenvalue weighted by Gasteiger charge is -2.25. The van der Waals surface area contributed by atoms with Crippen LogP contribution in [0.15, 0.2) is 34.2 Å². The lowest BCUT2D eigenvalue weighted by Crippen LogP contribution is -2.89. The van der Waals surface area contributed by atoms with Crippen molar-refractivity contribution in [3.63, 3.8) is 0 Å². The maximum atomic E-state index is 12.0. The van der Waals surface area contributed by atoms with E-state index in [-0.39, 0.29) is 5.91 Å². The lowest BCUT2D eigenvalue weighted by molar-refractivity contribution is -0.661. The Morgan fingerprint density at radius 2 is 1.95 bits per heavy atom. The van der Waals surface area contributed by atoms with Gasteiger partial charge in [-0.2, -0.15) is 4.99 Å². The summed E-state index contributed by atoms with van der Waals surface area (Å²) >= 11 is 1.50. The highest BCUT2D eigenvalue weighted by Gasteiger charge is 2.27. The number of amides is 1. The van der Waals surface area contributed by atoms with Crippen LogP contribution in [-0.2, 0) is 4.79 Å². The van der Waals surface area contributed by atoms with Crippen LogP contribution in [0.25, 0.3) is 6.08 Å². The number of rotatable bonds is 1. The first kappa shape index (κ1) is 13.4. The minimum Gasteiger partial charge on any atom is -0.343 e. The molecule has 3 rings (SSSR count). The summed E-state index contributed by atoms with van der Waals surface area (Å²) in [6, 6.07) is 8.17. The Bertz CT molecular complexity index is 571. The molecule has 5 heteroatoms. The molecule has 0 spiro atoms. The van der Waals surface area contributed by atoms with E-state index in [0.717, 1.165) is 41.8 Å². The van der Waals surface area contributed by atoms with Gasteiger partial charge in [-0.15, -0.1) is 0 Å². The van der Waals surface area contributed by atoms with Gasteiger partial charge in [-0.05, 0) is 30.3 Å². The van der Waals surface area contributed by atoms with E-state index in [9.17, 15) is 4.79 Å². The number of aliphatic imine (C=N–C) groups is 1. The van der Waals surface area contributed by atoms with Gasteiger partial charge in [-0.25, -0.2) is 0 Å². The highest BCUT2D eigenvalue weighted by atomic mass is 32.2. The van der Waals surface area contributed by atoms with Crippen molar-refractivity contribution in [3.8, 4) is 0 Å². The zero-order valence-corrected chi connectivity index (χ0v) is 12.3. The zero-order chi connectivity index (χ0) is 13.9. The van der Waals surface area contributed by atoms with Crippen LogP contribution in [0.5, 0.6) is 0 Å². The largest absolute Gasteiger partial charge is 0.343 e. The average molecular weight is 288 g/mol. The van der Waals surface area contributed by atoms with Gasteiger partial charge in [0.2, 0.25) is 0 Å². The number of hydrogen-bond donors (Lipinski definition) is 1. The zero-order valence-electron chi connectivity index (χ0n) is 11.5. The predicted molar refractivity (Wildman–Crippen MR) is 82.4 cm³/mol. The second-order valence-electron chi connectivity index (χ2n) is 5.07.